The minimum atomic E-state index is 0.373. The van der Waals surface area contributed by atoms with Gasteiger partial charge in [0.05, 0.1) is 11.0 Å². The Morgan fingerprint density at radius 2 is 0.803 bits per heavy atom. The highest BCUT2D eigenvalue weighted by atomic mass is 15.1. The zero-order valence-electron chi connectivity index (χ0n) is 36.6. The molecule has 0 spiro atoms. The molecule has 314 valence electrons. The molecular weight excluding hydrogens is 799 g/mol. The Hall–Kier alpha value is -8.40. The average molecular weight is 846 g/mol. The highest BCUT2D eigenvalue weighted by Gasteiger charge is 2.29. The highest BCUT2D eigenvalue weighted by molar-refractivity contribution is 6.10. The molecule has 11 aromatic rings. The normalized spacial score (nSPS) is 12.8. The van der Waals surface area contributed by atoms with Crippen molar-refractivity contribution in [3.63, 3.8) is 0 Å². The largest absolute Gasteiger partial charge is 0.310 e. The van der Waals surface area contributed by atoms with E-state index in [1.807, 2.05) is 0 Å². The molecule has 10 aromatic carbocycles. The summed E-state index contributed by atoms with van der Waals surface area (Å²) in [7, 11) is 0. The Morgan fingerprint density at radius 1 is 0.333 bits per heavy atom. The number of benzene rings is 10. The van der Waals surface area contributed by atoms with Crippen molar-refractivity contribution in [2.75, 3.05) is 9.80 Å². The summed E-state index contributed by atoms with van der Waals surface area (Å²) >= 11 is 0. The zero-order chi connectivity index (χ0) is 43.8. The van der Waals surface area contributed by atoms with E-state index in [1.54, 1.807) is 0 Å². The standard InChI is InChI=1S/C63H47N3/c1-5-17-45(18-6-1)29-40-57-55-25-13-14-26-56(55)60-43-53(38-41-58(57)60)64(48-19-7-2-8-20-48)51-34-30-46(31-35-51)47-32-36-52(37-33-47)65(49-21-9-3-10-22-49)54-39-42-63-61(44-54)59-27-15-16-28-62(59)66(63)50-23-11-4-12-24-50/h1-28,30-39,41-44,57H,29,40H2. The number of hydrogen-bond acceptors (Lipinski definition) is 2. The van der Waals surface area contributed by atoms with Crippen LogP contribution in [0.1, 0.15) is 29.0 Å². The molecule has 1 aliphatic carbocycles. The van der Waals surface area contributed by atoms with Gasteiger partial charge < -0.3 is 14.4 Å². The number of fused-ring (bicyclic) bond motifs is 6. The number of rotatable bonds is 11. The van der Waals surface area contributed by atoms with Crippen LogP contribution in [0.5, 0.6) is 0 Å². The monoisotopic (exact) mass is 845 g/mol. The summed E-state index contributed by atoms with van der Waals surface area (Å²) in [4.78, 5) is 4.75. The molecule has 1 atom stereocenters. The third kappa shape index (κ3) is 7.12. The average Bonchev–Trinajstić information content (AvgIpc) is 3.89. The van der Waals surface area contributed by atoms with Crippen LogP contribution in [0.15, 0.2) is 255 Å². The number of hydrogen-bond donors (Lipinski definition) is 0. The van der Waals surface area contributed by atoms with Gasteiger partial charge in [0.2, 0.25) is 0 Å². The van der Waals surface area contributed by atoms with Crippen molar-refractivity contribution in [3.8, 4) is 27.9 Å². The second kappa shape index (κ2) is 17.0. The second-order valence-electron chi connectivity index (χ2n) is 17.3. The van der Waals surface area contributed by atoms with E-state index in [1.165, 1.54) is 60.8 Å². The molecular formula is C63H47N3. The third-order valence-corrected chi connectivity index (χ3v) is 13.4. The smallest absolute Gasteiger partial charge is 0.0542 e. The molecule has 0 radical (unpaired) electrons. The summed E-state index contributed by atoms with van der Waals surface area (Å²) in [5.74, 6) is 0.373. The van der Waals surface area contributed by atoms with Crippen molar-refractivity contribution in [1.82, 2.24) is 4.57 Å². The molecule has 0 saturated heterocycles. The van der Waals surface area contributed by atoms with Crippen molar-refractivity contribution in [3.05, 3.63) is 271 Å². The van der Waals surface area contributed by atoms with Gasteiger partial charge in [0.1, 0.15) is 0 Å². The molecule has 1 unspecified atom stereocenters. The molecule has 0 aliphatic heterocycles. The van der Waals surface area contributed by atoms with E-state index in [0.717, 1.165) is 52.7 Å². The fraction of sp³-hybridized carbons (Fsp3) is 0.0476. The molecule has 0 fully saturated rings. The Labute approximate surface area is 386 Å². The number of nitrogens with zero attached hydrogens (tertiary/aromatic N) is 3. The Bertz CT molecular complexity index is 3450. The topological polar surface area (TPSA) is 11.4 Å². The van der Waals surface area contributed by atoms with Crippen LogP contribution in [0.2, 0.25) is 0 Å². The summed E-state index contributed by atoms with van der Waals surface area (Å²) < 4.78 is 2.37. The second-order valence-corrected chi connectivity index (χ2v) is 17.3. The number of aromatic nitrogens is 1. The molecule has 1 heterocycles. The molecule has 0 N–H and O–H groups in total. The molecule has 12 rings (SSSR count). The summed E-state index contributed by atoms with van der Waals surface area (Å²) in [6.45, 7) is 0. The van der Waals surface area contributed by atoms with Crippen LogP contribution in [-0.2, 0) is 6.42 Å². The van der Waals surface area contributed by atoms with Gasteiger partial charge in [-0.05, 0) is 149 Å². The molecule has 0 amide bonds. The Balaban J connectivity index is 0.868. The first-order valence-corrected chi connectivity index (χ1v) is 23.0. The predicted molar refractivity (Wildman–Crippen MR) is 278 cm³/mol. The zero-order valence-corrected chi connectivity index (χ0v) is 36.6. The summed E-state index contributed by atoms with van der Waals surface area (Å²) in [6, 6.07) is 92.7. The highest BCUT2D eigenvalue weighted by Crippen LogP contribution is 2.49. The van der Waals surface area contributed by atoms with Gasteiger partial charge in [0.15, 0.2) is 0 Å². The van der Waals surface area contributed by atoms with E-state index in [-0.39, 0.29) is 0 Å². The quantitative estimate of drug-likeness (QED) is 0.128. The van der Waals surface area contributed by atoms with Crippen molar-refractivity contribution in [2.45, 2.75) is 18.8 Å². The maximum Gasteiger partial charge on any atom is 0.0542 e. The fourth-order valence-electron chi connectivity index (χ4n) is 10.3. The Morgan fingerprint density at radius 3 is 1.45 bits per heavy atom. The van der Waals surface area contributed by atoms with Crippen LogP contribution in [0.4, 0.5) is 34.1 Å². The Kier molecular flexibility index (Phi) is 10.1. The fourth-order valence-corrected chi connectivity index (χ4v) is 10.3. The third-order valence-electron chi connectivity index (χ3n) is 13.4. The van der Waals surface area contributed by atoms with Crippen LogP contribution in [0.3, 0.4) is 0 Å². The maximum atomic E-state index is 2.41. The van der Waals surface area contributed by atoms with Gasteiger partial charge in [-0.3, -0.25) is 0 Å². The minimum absolute atomic E-state index is 0.373. The van der Waals surface area contributed by atoms with E-state index in [2.05, 4.69) is 269 Å². The molecule has 1 aliphatic rings. The van der Waals surface area contributed by atoms with Crippen molar-refractivity contribution >= 4 is 55.9 Å². The first-order chi connectivity index (χ1) is 32.7. The predicted octanol–water partition coefficient (Wildman–Crippen LogP) is 17.1. The number of para-hydroxylation sites is 4. The lowest BCUT2D eigenvalue weighted by Gasteiger charge is -2.27. The van der Waals surface area contributed by atoms with E-state index < -0.39 is 0 Å². The summed E-state index contributed by atoms with van der Waals surface area (Å²) in [5, 5.41) is 2.46. The summed E-state index contributed by atoms with van der Waals surface area (Å²) in [6.07, 6.45) is 2.13. The van der Waals surface area contributed by atoms with E-state index in [4.69, 9.17) is 0 Å². The first-order valence-electron chi connectivity index (χ1n) is 23.0. The van der Waals surface area contributed by atoms with Gasteiger partial charge in [0, 0.05) is 56.5 Å². The summed E-state index contributed by atoms with van der Waals surface area (Å²) in [5.41, 5.74) is 19.5. The maximum absolute atomic E-state index is 2.41. The van der Waals surface area contributed by atoms with Crippen LogP contribution in [0, 0.1) is 0 Å². The lowest BCUT2D eigenvalue weighted by molar-refractivity contribution is 0.729. The van der Waals surface area contributed by atoms with Gasteiger partial charge in [-0.2, -0.15) is 0 Å². The van der Waals surface area contributed by atoms with E-state index in [0.29, 0.717) is 5.92 Å². The first kappa shape index (κ1) is 39.2. The van der Waals surface area contributed by atoms with Crippen LogP contribution in [0.25, 0.3) is 49.7 Å². The van der Waals surface area contributed by atoms with Gasteiger partial charge in [-0.1, -0.05) is 158 Å². The van der Waals surface area contributed by atoms with Crippen molar-refractivity contribution < 1.29 is 0 Å². The van der Waals surface area contributed by atoms with Crippen LogP contribution < -0.4 is 9.80 Å². The van der Waals surface area contributed by atoms with Crippen molar-refractivity contribution in [1.29, 1.82) is 0 Å². The lowest BCUT2D eigenvalue weighted by Crippen LogP contribution is -2.10. The van der Waals surface area contributed by atoms with Crippen LogP contribution in [-0.4, -0.2) is 4.57 Å². The molecule has 3 heteroatoms. The number of anilines is 6. The van der Waals surface area contributed by atoms with E-state index >= 15 is 0 Å². The molecule has 0 bridgehead atoms. The molecule has 66 heavy (non-hydrogen) atoms. The van der Waals surface area contributed by atoms with Gasteiger partial charge in [-0.15, -0.1) is 0 Å². The van der Waals surface area contributed by atoms with Crippen LogP contribution >= 0.6 is 0 Å². The SMILES string of the molecule is c1ccc(CCC2c3ccccc3-c3cc(N(c4ccccc4)c4ccc(-c5ccc(N(c6ccccc6)c6ccc7c(c6)c6ccccc6n7-c6ccccc6)cc5)cc4)ccc32)cc1. The van der Waals surface area contributed by atoms with Gasteiger partial charge in [0.25, 0.3) is 0 Å². The molecule has 1 aromatic heterocycles. The molecule has 3 nitrogen and oxygen atoms in total. The van der Waals surface area contributed by atoms with Gasteiger partial charge in [-0.25, -0.2) is 0 Å². The number of aryl methyl sites for hydroxylation is 1. The lowest BCUT2D eigenvalue weighted by atomic mass is 9.90. The van der Waals surface area contributed by atoms with Crippen molar-refractivity contribution in [2.24, 2.45) is 0 Å². The van der Waals surface area contributed by atoms with E-state index in [9.17, 15) is 0 Å². The van der Waals surface area contributed by atoms with Gasteiger partial charge >= 0.3 is 0 Å². The minimum Gasteiger partial charge on any atom is -0.310 e. The molecule has 0 saturated carbocycles.